The van der Waals surface area contributed by atoms with Crippen molar-refractivity contribution in [3.63, 3.8) is 0 Å². The lowest BCUT2D eigenvalue weighted by molar-refractivity contribution is 0.0746. The van der Waals surface area contributed by atoms with Crippen molar-refractivity contribution in [2.24, 2.45) is 4.99 Å². The summed E-state index contributed by atoms with van der Waals surface area (Å²) in [4.78, 5) is 42.4. The van der Waals surface area contributed by atoms with Crippen LogP contribution < -0.4 is 16.4 Å². The van der Waals surface area contributed by atoms with E-state index in [2.05, 4.69) is 15.1 Å². The number of aromatic nitrogens is 5. The number of nitrogens with zero attached hydrogens (tertiary/aromatic N) is 5. The van der Waals surface area contributed by atoms with Crippen LogP contribution in [-0.2, 0) is 4.74 Å². The van der Waals surface area contributed by atoms with Gasteiger partial charge in [-0.15, -0.1) is 11.3 Å². The highest BCUT2D eigenvalue weighted by atomic mass is 32.1. The van der Waals surface area contributed by atoms with Crippen LogP contribution in [0.3, 0.4) is 0 Å². The van der Waals surface area contributed by atoms with E-state index in [1.807, 2.05) is 23.1 Å². The highest BCUT2D eigenvalue weighted by Crippen LogP contribution is 2.28. The summed E-state index contributed by atoms with van der Waals surface area (Å²) in [7, 11) is 0. The third-order valence-corrected chi connectivity index (χ3v) is 7.05. The average molecular weight is 494 g/mol. The fraction of sp³-hybridized carbons (Fsp3) is 0.348. The Labute approximate surface area is 202 Å². The molecule has 0 spiro atoms. The van der Waals surface area contributed by atoms with Gasteiger partial charge in [0.15, 0.2) is 11.1 Å². The maximum Gasteiger partial charge on any atom is 0.326 e. The van der Waals surface area contributed by atoms with Crippen molar-refractivity contribution in [1.82, 2.24) is 29.5 Å². The number of thiophene rings is 1. The lowest BCUT2D eigenvalue weighted by atomic mass is 10.3. The molecule has 11 nitrogen and oxygen atoms in total. The predicted octanol–water partition coefficient (Wildman–Crippen LogP) is 0.653. The number of amides is 1. The van der Waals surface area contributed by atoms with Gasteiger partial charge < -0.3 is 19.7 Å². The third kappa shape index (κ3) is 4.37. The van der Waals surface area contributed by atoms with Crippen LogP contribution in [0.15, 0.2) is 34.2 Å². The Bertz CT molecular complexity index is 1590. The molecule has 1 saturated heterocycles. The second-order valence-electron chi connectivity index (χ2n) is 8.60. The van der Waals surface area contributed by atoms with Gasteiger partial charge in [-0.05, 0) is 37.5 Å². The van der Waals surface area contributed by atoms with E-state index in [0.29, 0.717) is 53.2 Å². The number of carbonyl (C=O) groups excluding carboxylic acids is 1. The van der Waals surface area contributed by atoms with E-state index in [4.69, 9.17) is 14.7 Å². The number of rotatable bonds is 4. The summed E-state index contributed by atoms with van der Waals surface area (Å²) in [5, 5.41) is 15.0. The van der Waals surface area contributed by atoms with Crippen molar-refractivity contribution in [3.8, 4) is 16.5 Å². The van der Waals surface area contributed by atoms with Crippen LogP contribution in [0.5, 0.6) is 5.88 Å². The van der Waals surface area contributed by atoms with Gasteiger partial charge in [0.05, 0.1) is 34.3 Å². The van der Waals surface area contributed by atoms with Gasteiger partial charge in [0.25, 0.3) is 5.91 Å². The summed E-state index contributed by atoms with van der Waals surface area (Å²) in [5.74, 6) is -0.255. The monoisotopic (exact) mass is 493 g/mol. The molecule has 1 saturated carbocycles. The number of H-pyrrole nitrogens is 2. The van der Waals surface area contributed by atoms with Crippen LogP contribution >= 0.6 is 11.3 Å². The lowest BCUT2D eigenvalue weighted by Crippen LogP contribution is -2.32. The van der Waals surface area contributed by atoms with E-state index < -0.39 is 5.69 Å². The number of hydrogen-bond acceptors (Lipinski definition) is 8. The zero-order valence-electron chi connectivity index (χ0n) is 18.7. The van der Waals surface area contributed by atoms with Gasteiger partial charge in [0.2, 0.25) is 5.88 Å². The zero-order chi connectivity index (χ0) is 23.9. The maximum atomic E-state index is 13.0. The third-order valence-electron chi connectivity index (χ3n) is 5.96. The Kier molecular flexibility index (Phi) is 5.46. The van der Waals surface area contributed by atoms with Crippen molar-refractivity contribution >= 4 is 29.0 Å². The number of fused-ring (bicyclic) bond motifs is 1. The summed E-state index contributed by atoms with van der Waals surface area (Å²) in [6.07, 6.45) is 6.13. The van der Waals surface area contributed by atoms with Crippen LogP contribution in [0, 0.1) is 0 Å². The van der Waals surface area contributed by atoms with Crippen LogP contribution in [0.1, 0.15) is 34.6 Å². The van der Waals surface area contributed by atoms with Crippen molar-refractivity contribution in [1.29, 1.82) is 0 Å². The van der Waals surface area contributed by atoms with Gasteiger partial charge in [-0.25, -0.2) is 9.78 Å². The number of nitrogens with one attached hydrogen (secondary N) is 2. The molecule has 0 bridgehead atoms. The van der Waals surface area contributed by atoms with Crippen LogP contribution in [0.2, 0.25) is 0 Å². The second-order valence-corrected chi connectivity index (χ2v) is 9.69. The first-order chi connectivity index (χ1) is 17.0. The van der Waals surface area contributed by atoms with Gasteiger partial charge in [-0.2, -0.15) is 9.61 Å². The van der Waals surface area contributed by atoms with Crippen LogP contribution in [-0.4, -0.2) is 72.8 Å². The molecule has 4 aromatic rings. The molecule has 12 heteroatoms. The van der Waals surface area contributed by atoms with Crippen molar-refractivity contribution < 1.29 is 14.6 Å². The van der Waals surface area contributed by atoms with Crippen LogP contribution in [0.25, 0.3) is 22.3 Å². The molecule has 2 fully saturated rings. The summed E-state index contributed by atoms with van der Waals surface area (Å²) in [5.41, 5.74) is 1.62. The molecule has 0 radical (unpaired) electrons. The predicted molar refractivity (Wildman–Crippen MR) is 128 cm³/mol. The topological polar surface area (TPSA) is 141 Å². The summed E-state index contributed by atoms with van der Waals surface area (Å²) < 4.78 is 7.13. The van der Waals surface area contributed by atoms with Crippen molar-refractivity contribution in [2.45, 2.75) is 25.3 Å². The molecular weight excluding hydrogens is 470 g/mol. The molecule has 180 valence electrons. The molecule has 4 aromatic heterocycles. The molecular formula is C23H23N7O4S. The van der Waals surface area contributed by atoms with Crippen molar-refractivity contribution in [3.05, 3.63) is 56.2 Å². The molecule has 0 aromatic carbocycles. The van der Waals surface area contributed by atoms with E-state index in [0.717, 1.165) is 24.1 Å². The minimum absolute atomic E-state index is 0.000909. The second kappa shape index (κ2) is 8.78. The van der Waals surface area contributed by atoms with Gasteiger partial charge in [0.1, 0.15) is 5.69 Å². The molecule has 35 heavy (non-hydrogen) atoms. The summed E-state index contributed by atoms with van der Waals surface area (Å²) >= 11 is 1.40. The SMILES string of the molecule is O=C(c1ccc(-c2cc(=NC3CC3)n3ncc(=Cc4[nH]c(=O)[nH]c4O)c3n2)s1)N1CCCOCC1. The Hall–Kier alpha value is -3.77. The Morgan fingerprint density at radius 2 is 2.14 bits per heavy atom. The first-order valence-electron chi connectivity index (χ1n) is 11.5. The Morgan fingerprint density at radius 3 is 2.94 bits per heavy atom. The fourth-order valence-electron chi connectivity index (χ4n) is 4.02. The Balaban J connectivity index is 1.43. The molecule has 0 atom stereocenters. The molecule has 1 amide bonds. The van der Waals surface area contributed by atoms with E-state index in [9.17, 15) is 14.7 Å². The maximum absolute atomic E-state index is 13.0. The molecule has 5 heterocycles. The largest absolute Gasteiger partial charge is 0.493 e. The van der Waals surface area contributed by atoms with Crippen LogP contribution in [0.4, 0.5) is 0 Å². The fourth-order valence-corrected chi connectivity index (χ4v) is 4.95. The van der Waals surface area contributed by atoms with E-state index in [1.165, 1.54) is 11.3 Å². The van der Waals surface area contributed by atoms with E-state index in [1.54, 1.807) is 16.8 Å². The first-order valence-corrected chi connectivity index (χ1v) is 12.3. The van der Waals surface area contributed by atoms with Gasteiger partial charge in [0, 0.05) is 31.0 Å². The summed E-state index contributed by atoms with van der Waals surface area (Å²) in [6, 6.07) is 5.89. The lowest BCUT2D eigenvalue weighted by Gasteiger charge is -2.18. The molecule has 1 aliphatic carbocycles. The first kappa shape index (κ1) is 21.7. The standard InChI is InChI=1S/C23H23N7O4S/c31-21-16(27-23(33)28-21)10-13-12-24-30-19(25-14-2-3-14)11-15(26-20(13)30)17-4-5-18(35-17)22(32)29-6-1-8-34-9-7-29/h4-5,10-12,14,31H,1-3,6-9H2,(H2,27,28,33). The minimum atomic E-state index is -0.505. The van der Waals surface area contributed by atoms with Gasteiger partial charge in [-0.1, -0.05) is 0 Å². The van der Waals surface area contributed by atoms with Crippen molar-refractivity contribution in [2.75, 3.05) is 26.3 Å². The number of carbonyl (C=O) groups is 1. The minimum Gasteiger partial charge on any atom is -0.493 e. The van der Waals surface area contributed by atoms with Gasteiger partial charge in [-0.3, -0.25) is 14.8 Å². The summed E-state index contributed by atoms with van der Waals surface area (Å²) in [6.45, 7) is 2.50. The smallest absolute Gasteiger partial charge is 0.326 e. The molecule has 1 aliphatic heterocycles. The zero-order valence-corrected chi connectivity index (χ0v) is 19.5. The molecule has 3 N–H and O–H groups in total. The number of hydrogen-bond donors (Lipinski definition) is 3. The highest BCUT2D eigenvalue weighted by Gasteiger charge is 2.22. The van der Waals surface area contributed by atoms with Gasteiger partial charge >= 0.3 is 5.69 Å². The molecule has 6 rings (SSSR count). The quantitative estimate of drug-likeness (QED) is 0.381. The van der Waals surface area contributed by atoms with E-state index in [-0.39, 0.29) is 23.5 Å². The number of ether oxygens (including phenoxy) is 1. The number of imidazole rings is 1. The number of aromatic hydroxyl groups is 1. The highest BCUT2D eigenvalue weighted by molar-refractivity contribution is 7.17. The average Bonchev–Trinajstić information content (AvgIpc) is 3.34. The Morgan fingerprint density at radius 1 is 1.26 bits per heavy atom. The number of aromatic amines is 2. The normalized spacial score (nSPS) is 17.9. The van der Waals surface area contributed by atoms with E-state index >= 15 is 0 Å². The molecule has 2 aliphatic rings. The molecule has 0 unspecified atom stereocenters.